The number of carbonyl (C=O) groups excluding carboxylic acids is 1. The zero-order valence-corrected chi connectivity index (χ0v) is 14.8. The van der Waals surface area contributed by atoms with Crippen LogP contribution in [-0.2, 0) is 6.54 Å². The Labute approximate surface area is 154 Å². The molecule has 6 heteroatoms. The van der Waals surface area contributed by atoms with E-state index in [1.807, 2.05) is 35.7 Å². The van der Waals surface area contributed by atoms with Crippen LogP contribution < -0.4 is 5.32 Å². The molecule has 0 bridgehead atoms. The molecule has 1 aromatic carbocycles. The number of hydrogen-bond acceptors (Lipinski definition) is 5. The second-order valence-corrected chi connectivity index (χ2v) is 6.78. The van der Waals surface area contributed by atoms with Crippen LogP contribution in [0, 0.1) is 18.3 Å². The lowest BCUT2D eigenvalue weighted by Crippen LogP contribution is -2.16. The van der Waals surface area contributed by atoms with E-state index in [1.54, 1.807) is 24.3 Å². The van der Waals surface area contributed by atoms with Crippen molar-refractivity contribution < 1.29 is 4.79 Å². The van der Waals surface area contributed by atoms with Crippen LogP contribution in [-0.4, -0.2) is 16.6 Å². The Hall–Kier alpha value is -3.30. The highest BCUT2D eigenvalue weighted by molar-refractivity contribution is 7.08. The molecule has 1 aliphatic rings. The number of aliphatic imine (C=N–C) groups is 1. The fraction of sp³-hybridized carbons (Fsp3) is 0.100. The van der Waals surface area contributed by atoms with Gasteiger partial charge in [0.15, 0.2) is 0 Å². The van der Waals surface area contributed by atoms with Gasteiger partial charge in [-0.3, -0.25) is 9.79 Å². The molecule has 0 saturated carbocycles. The van der Waals surface area contributed by atoms with Crippen LogP contribution in [0.2, 0.25) is 0 Å². The Morgan fingerprint density at radius 2 is 2.19 bits per heavy atom. The standard InChI is InChI=1S/C20H14N4OS/c1-12-6-13(8-21)9-22-18(12)20(25)24-16-3-2-14-10-23-19(17(14)7-16)15-4-5-26-11-15/h2-7,9,11H,10H2,1H3,(H,24,25). The van der Waals surface area contributed by atoms with Crippen LogP contribution in [0.3, 0.4) is 0 Å². The number of nitrogens with zero attached hydrogens (tertiary/aromatic N) is 3. The summed E-state index contributed by atoms with van der Waals surface area (Å²) < 4.78 is 0. The maximum Gasteiger partial charge on any atom is 0.274 e. The molecular formula is C20H14N4OS. The molecule has 1 aliphatic heterocycles. The minimum atomic E-state index is -0.293. The first-order valence-electron chi connectivity index (χ1n) is 8.04. The molecule has 1 N–H and O–H groups in total. The predicted octanol–water partition coefficient (Wildman–Crippen LogP) is 3.93. The number of nitrogens with one attached hydrogen (secondary N) is 1. The van der Waals surface area contributed by atoms with Gasteiger partial charge < -0.3 is 5.32 Å². The molecule has 0 fully saturated rings. The van der Waals surface area contributed by atoms with Crippen molar-refractivity contribution >= 4 is 28.6 Å². The van der Waals surface area contributed by atoms with Crippen molar-refractivity contribution in [3.05, 3.63) is 80.8 Å². The Kier molecular flexibility index (Phi) is 4.07. The molecule has 0 atom stereocenters. The third kappa shape index (κ3) is 2.89. The minimum absolute atomic E-state index is 0.293. The molecule has 0 aliphatic carbocycles. The van der Waals surface area contributed by atoms with Gasteiger partial charge in [-0.2, -0.15) is 16.6 Å². The van der Waals surface area contributed by atoms with Crippen LogP contribution in [0.1, 0.15) is 38.3 Å². The molecule has 5 nitrogen and oxygen atoms in total. The lowest BCUT2D eigenvalue weighted by atomic mass is 10.0. The van der Waals surface area contributed by atoms with Gasteiger partial charge >= 0.3 is 0 Å². The molecule has 126 valence electrons. The first-order valence-corrected chi connectivity index (χ1v) is 8.98. The first-order chi connectivity index (χ1) is 12.7. The molecule has 0 unspecified atom stereocenters. The second-order valence-electron chi connectivity index (χ2n) is 6.00. The Bertz CT molecular complexity index is 1080. The molecule has 0 spiro atoms. The largest absolute Gasteiger partial charge is 0.321 e. The number of amides is 1. The van der Waals surface area contributed by atoms with E-state index in [9.17, 15) is 4.79 Å². The first kappa shape index (κ1) is 16.2. The molecule has 26 heavy (non-hydrogen) atoms. The van der Waals surface area contributed by atoms with Gasteiger partial charge in [-0.05, 0) is 47.7 Å². The van der Waals surface area contributed by atoms with Gasteiger partial charge in [0, 0.05) is 28.4 Å². The average molecular weight is 358 g/mol. The van der Waals surface area contributed by atoms with Crippen molar-refractivity contribution in [1.29, 1.82) is 5.26 Å². The van der Waals surface area contributed by atoms with Gasteiger partial charge in [-0.1, -0.05) is 6.07 Å². The highest BCUT2D eigenvalue weighted by Gasteiger charge is 2.19. The molecule has 1 amide bonds. The number of rotatable bonds is 3. The highest BCUT2D eigenvalue weighted by Crippen LogP contribution is 2.27. The molecule has 0 radical (unpaired) electrons. The summed E-state index contributed by atoms with van der Waals surface area (Å²) in [6, 6.07) is 11.6. The number of carbonyl (C=O) groups is 1. The summed E-state index contributed by atoms with van der Waals surface area (Å²) in [6.45, 7) is 2.43. The number of benzene rings is 1. The van der Waals surface area contributed by atoms with Crippen molar-refractivity contribution in [3.63, 3.8) is 0 Å². The number of aryl methyl sites for hydroxylation is 1. The summed E-state index contributed by atoms with van der Waals surface area (Å²) in [5.41, 5.74) is 6.38. The van der Waals surface area contributed by atoms with Crippen molar-refractivity contribution in [2.45, 2.75) is 13.5 Å². The van der Waals surface area contributed by atoms with Gasteiger partial charge in [0.05, 0.1) is 17.8 Å². The van der Waals surface area contributed by atoms with Crippen LogP contribution in [0.15, 0.2) is 52.3 Å². The Morgan fingerprint density at radius 1 is 1.31 bits per heavy atom. The number of aromatic nitrogens is 1. The quantitative estimate of drug-likeness (QED) is 0.770. The third-order valence-electron chi connectivity index (χ3n) is 4.25. The van der Waals surface area contributed by atoms with E-state index in [2.05, 4.69) is 20.7 Å². The molecule has 0 saturated heterocycles. The summed E-state index contributed by atoms with van der Waals surface area (Å²) in [4.78, 5) is 21.3. The highest BCUT2D eigenvalue weighted by atomic mass is 32.1. The number of nitriles is 1. The average Bonchev–Trinajstić information content (AvgIpc) is 3.30. The van der Waals surface area contributed by atoms with E-state index in [4.69, 9.17) is 5.26 Å². The van der Waals surface area contributed by atoms with E-state index in [1.165, 1.54) is 6.20 Å². The molecule has 2 aromatic heterocycles. The Morgan fingerprint density at radius 3 is 2.92 bits per heavy atom. The monoisotopic (exact) mass is 358 g/mol. The van der Waals surface area contributed by atoms with Crippen LogP contribution >= 0.6 is 11.3 Å². The SMILES string of the molecule is Cc1cc(C#N)cnc1C(=O)Nc1ccc2c(c1)C(c1ccsc1)=NC2. The maximum absolute atomic E-state index is 12.6. The Balaban J connectivity index is 1.61. The lowest BCUT2D eigenvalue weighted by molar-refractivity contribution is 0.102. The fourth-order valence-electron chi connectivity index (χ4n) is 2.97. The number of fused-ring (bicyclic) bond motifs is 1. The van der Waals surface area contributed by atoms with E-state index < -0.39 is 0 Å². The van der Waals surface area contributed by atoms with Crippen molar-refractivity contribution in [2.75, 3.05) is 5.32 Å². The van der Waals surface area contributed by atoms with Crippen molar-refractivity contribution in [1.82, 2.24) is 4.98 Å². The summed E-state index contributed by atoms with van der Waals surface area (Å²) in [5.74, 6) is -0.293. The predicted molar refractivity (Wildman–Crippen MR) is 102 cm³/mol. The van der Waals surface area contributed by atoms with Crippen molar-refractivity contribution in [3.8, 4) is 6.07 Å². The van der Waals surface area contributed by atoms with Crippen LogP contribution in [0.5, 0.6) is 0 Å². The van der Waals surface area contributed by atoms with Gasteiger partial charge in [-0.15, -0.1) is 0 Å². The summed E-state index contributed by atoms with van der Waals surface area (Å²) >= 11 is 1.64. The summed E-state index contributed by atoms with van der Waals surface area (Å²) in [7, 11) is 0. The molecule has 3 aromatic rings. The topological polar surface area (TPSA) is 78.1 Å². The fourth-order valence-corrected chi connectivity index (χ4v) is 3.61. The smallest absolute Gasteiger partial charge is 0.274 e. The number of thiophene rings is 1. The molecule has 4 rings (SSSR count). The van der Waals surface area contributed by atoms with Gasteiger partial charge in [0.25, 0.3) is 5.91 Å². The van der Waals surface area contributed by atoms with Gasteiger partial charge in [0.2, 0.25) is 0 Å². The number of pyridine rings is 1. The lowest BCUT2D eigenvalue weighted by Gasteiger charge is -2.09. The van der Waals surface area contributed by atoms with E-state index in [0.29, 0.717) is 29.1 Å². The summed E-state index contributed by atoms with van der Waals surface area (Å²) in [5, 5.41) is 15.9. The zero-order chi connectivity index (χ0) is 18.1. The summed E-state index contributed by atoms with van der Waals surface area (Å²) in [6.07, 6.45) is 1.41. The number of hydrogen-bond donors (Lipinski definition) is 1. The maximum atomic E-state index is 12.6. The van der Waals surface area contributed by atoms with Gasteiger partial charge in [0.1, 0.15) is 11.8 Å². The van der Waals surface area contributed by atoms with Gasteiger partial charge in [-0.25, -0.2) is 4.98 Å². The third-order valence-corrected chi connectivity index (χ3v) is 4.93. The number of anilines is 1. The molecular weight excluding hydrogens is 344 g/mol. The van der Waals surface area contributed by atoms with E-state index in [0.717, 1.165) is 22.4 Å². The second kappa shape index (κ2) is 6.54. The van der Waals surface area contributed by atoms with Crippen LogP contribution in [0.25, 0.3) is 0 Å². The normalized spacial score (nSPS) is 12.2. The van der Waals surface area contributed by atoms with E-state index in [-0.39, 0.29) is 5.91 Å². The zero-order valence-electron chi connectivity index (χ0n) is 14.0. The van der Waals surface area contributed by atoms with Crippen molar-refractivity contribution in [2.24, 2.45) is 4.99 Å². The minimum Gasteiger partial charge on any atom is -0.321 e. The van der Waals surface area contributed by atoms with E-state index >= 15 is 0 Å². The van der Waals surface area contributed by atoms with Crippen LogP contribution in [0.4, 0.5) is 5.69 Å². The molecule has 3 heterocycles.